The molecule has 0 bridgehead atoms. The zero-order chi connectivity index (χ0) is 14.5. The Hall–Kier alpha value is -1.87. The molecule has 1 aromatic carbocycles. The average Bonchev–Trinajstić information content (AvgIpc) is 2.46. The first-order valence-corrected chi connectivity index (χ1v) is 7.08. The SMILES string of the molecule is CCNCc1cnc(C)cc1N(C)c1ccc(C)cc1. The lowest BCUT2D eigenvalue weighted by molar-refractivity contribution is 0.723. The molecule has 1 N–H and O–H groups in total. The fraction of sp³-hybridized carbons (Fsp3) is 0.353. The van der Waals surface area contributed by atoms with Crippen molar-refractivity contribution in [2.45, 2.75) is 27.3 Å². The van der Waals surface area contributed by atoms with E-state index >= 15 is 0 Å². The number of rotatable bonds is 5. The number of benzene rings is 1. The Morgan fingerprint density at radius 3 is 2.50 bits per heavy atom. The van der Waals surface area contributed by atoms with E-state index < -0.39 is 0 Å². The van der Waals surface area contributed by atoms with Crippen LogP contribution in [-0.2, 0) is 6.54 Å². The van der Waals surface area contributed by atoms with Gasteiger partial charge >= 0.3 is 0 Å². The molecule has 0 spiro atoms. The summed E-state index contributed by atoms with van der Waals surface area (Å²) in [6.07, 6.45) is 1.97. The first-order valence-electron chi connectivity index (χ1n) is 7.08. The van der Waals surface area contributed by atoms with E-state index in [1.807, 2.05) is 13.1 Å². The molecular formula is C17H23N3. The van der Waals surface area contributed by atoms with Gasteiger partial charge in [-0.2, -0.15) is 0 Å². The van der Waals surface area contributed by atoms with Crippen molar-refractivity contribution < 1.29 is 0 Å². The average molecular weight is 269 g/mol. The second kappa shape index (κ2) is 6.53. The highest BCUT2D eigenvalue weighted by atomic mass is 15.1. The lowest BCUT2D eigenvalue weighted by atomic mass is 10.1. The van der Waals surface area contributed by atoms with E-state index in [1.165, 1.54) is 22.5 Å². The molecule has 2 aromatic rings. The van der Waals surface area contributed by atoms with Crippen LogP contribution in [-0.4, -0.2) is 18.6 Å². The third kappa shape index (κ3) is 3.36. The summed E-state index contributed by atoms with van der Waals surface area (Å²) in [6.45, 7) is 8.06. The number of hydrogen-bond acceptors (Lipinski definition) is 3. The van der Waals surface area contributed by atoms with Gasteiger partial charge in [0.15, 0.2) is 0 Å². The molecule has 0 aliphatic rings. The fourth-order valence-electron chi connectivity index (χ4n) is 2.19. The largest absolute Gasteiger partial charge is 0.344 e. The molecule has 0 fully saturated rings. The number of nitrogens with zero attached hydrogens (tertiary/aromatic N) is 2. The second-order valence-electron chi connectivity index (χ2n) is 5.13. The minimum absolute atomic E-state index is 0.843. The summed E-state index contributed by atoms with van der Waals surface area (Å²) < 4.78 is 0. The summed E-state index contributed by atoms with van der Waals surface area (Å²) in [4.78, 5) is 6.64. The van der Waals surface area contributed by atoms with E-state index in [1.54, 1.807) is 0 Å². The topological polar surface area (TPSA) is 28.2 Å². The van der Waals surface area contributed by atoms with Crippen molar-refractivity contribution in [1.29, 1.82) is 0 Å². The molecule has 3 heteroatoms. The fourth-order valence-corrected chi connectivity index (χ4v) is 2.19. The van der Waals surface area contributed by atoms with Gasteiger partial charge in [-0.1, -0.05) is 24.6 Å². The molecule has 0 saturated carbocycles. The molecule has 0 unspecified atom stereocenters. The van der Waals surface area contributed by atoms with Gasteiger partial charge in [-0.3, -0.25) is 4.98 Å². The maximum atomic E-state index is 4.42. The van der Waals surface area contributed by atoms with Crippen molar-refractivity contribution in [3.05, 3.63) is 53.3 Å². The molecule has 3 nitrogen and oxygen atoms in total. The van der Waals surface area contributed by atoms with Gasteiger partial charge in [0, 0.05) is 42.4 Å². The van der Waals surface area contributed by atoms with Crippen LogP contribution < -0.4 is 10.2 Å². The lowest BCUT2D eigenvalue weighted by Crippen LogP contribution is -2.17. The van der Waals surface area contributed by atoms with Crippen LogP contribution in [0.4, 0.5) is 11.4 Å². The smallest absolute Gasteiger partial charge is 0.0487 e. The Kier molecular flexibility index (Phi) is 4.74. The van der Waals surface area contributed by atoms with Gasteiger partial charge in [-0.05, 0) is 38.6 Å². The predicted octanol–water partition coefficient (Wildman–Crippen LogP) is 3.58. The van der Waals surface area contributed by atoms with Crippen LogP contribution in [0.3, 0.4) is 0 Å². The predicted molar refractivity (Wildman–Crippen MR) is 85.6 cm³/mol. The third-order valence-corrected chi connectivity index (χ3v) is 3.45. The van der Waals surface area contributed by atoms with Crippen molar-refractivity contribution in [1.82, 2.24) is 10.3 Å². The monoisotopic (exact) mass is 269 g/mol. The standard InChI is InChI=1S/C17H23N3/c1-5-18-11-15-12-19-14(3)10-17(15)20(4)16-8-6-13(2)7-9-16/h6-10,12,18H,5,11H2,1-4H3. The number of aryl methyl sites for hydroxylation is 2. The van der Waals surface area contributed by atoms with Gasteiger partial charge in [0.05, 0.1) is 0 Å². The molecule has 0 saturated heterocycles. The lowest BCUT2D eigenvalue weighted by Gasteiger charge is -2.23. The third-order valence-electron chi connectivity index (χ3n) is 3.45. The second-order valence-corrected chi connectivity index (χ2v) is 5.13. The first kappa shape index (κ1) is 14.5. The highest BCUT2D eigenvalue weighted by Gasteiger charge is 2.10. The van der Waals surface area contributed by atoms with Crippen LogP contribution in [0, 0.1) is 13.8 Å². The Bertz CT molecular complexity index is 561. The van der Waals surface area contributed by atoms with E-state index in [4.69, 9.17) is 0 Å². The van der Waals surface area contributed by atoms with Gasteiger partial charge in [0.25, 0.3) is 0 Å². The normalized spacial score (nSPS) is 10.6. The molecule has 0 atom stereocenters. The van der Waals surface area contributed by atoms with Gasteiger partial charge in [-0.25, -0.2) is 0 Å². The Balaban J connectivity index is 2.34. The molecule has 2 rings (SSSR count). The molecule has 0 aliphatic heterocycles. The molecule has 0 radical (unpaired) electrons. The molecule has 1 heterocycles. The molecule has 0 amide bonds. The van der Waals surface area contributed by atoms with E-state index in [-0.39, 0.29) is 0 Å². The molecular weight excluding hydrogens is 246 g/mol. The Labute approximate surface area is 121 Å². The van der Waals surface area contributed by atoms with Gasteiger partial charge in [0.2, 0.25) is 0 Å². The Morgan fingerprint density at radius 2 is 1.85 bits per heavy atom. The van der Waals surface area contributed by atoms with Gasteiger partial charge in [-0.15, -0.1) is 0 Å². The molecule has 0 aliphatic carbocycles. The van der Waals surface area contributed by atoms with Crippen molar-refractivity contribution in [2.75, 3.05) is 18.5 Å². The molecule has 20 heavy (non-hydrogen) atoms. The summed E-state index contributed by atoms with van der Waals surface area (Å²) in [5.74, 6) is 0. The van der Waals surface area contributed by atoms with E-state index in [0.29, 0.717) is 0 Å². The number of aromatic nitrogens is 1. The highest BCUT2D eigenvalue weighted by molar-refractivity contribution is 5.66. The van der Waals surface area contributed by atoms with Crippen LogP contribution in [0.15, 0.2) is 36.5 Å². The maximum absolute atomic E-state index is 4.42. The molecule has 106 valence electrons. The molecule has 1 aromatic heterocycles. The zero-order valence-electron chi connectivity index (χ0n) is 12.8. The minimum Gasteiger partial charge on any atom is -0.344 e. The highest BCUT2D eigenvalue weighted by Crippen LogP contribution is 2.27. The zero-order valence-corrected chi connectivity index (χ0v) is 12.8. The quantitative estimate of drug-likeness (QED) is 0.899. The summed E-state index contributed by atoms with van der Waals surface area (Å²) in [6, 6.07) is 10.7. The summed E-state index contributed by atoms with van der Waals surface area (Å²) in [5, 5.41) is 3.37. The van der Waals surface area contributed by atoms with Crippen LogP contribution in [0.5, 0.6) is 0 Å². The van der Waals surface area contributed by atoms with Crippen molar-refractivity contribution in [3.8, 4) is 0 Å². The number of anilines is 2. The summed E-state index contributed by atoms with van der Waals surface area (Å²) >= 11 is 0. The maximum Gasteiger partial charge on any atom is 0.0487 e. The van der Waals surface area contributed by atoms with E-state index in [9.17, 15) is 0 Å². The van der Waals surface area contributed by atoms with Crippen LogP contribution >= 0.6 is 0 Å². The van der Waals surface area contributed by atoms with Gasteiger partial charge in [0.1, 0.15) is 0 Å². The number of hydrogen-bond donors (Lipinski definition) is 1. The van der Waals surface area contributed by atoms with E-state index in [2.05, 4.69) is 66.4 Å². The van der Waals surface area contributed by atoms with Crippen LogP contribution in [0.1, 0.15) is 23.7 Å². The Morgan fingerprint density at radius 1 is 1.15 bits per heavy atom. The summed E-state index contributed by atoms with van der Waals surface area (Å²) in [5.41, 5.74) is 5.95. The summed E-state index contributed by atoms with van der Waals surface area (Å²) in [7, 11) is 2.11. The number of pyridine rings is 1. The van der Waals surface area contributed by atoms with Crippen molar-refractivity contribution in [2.24, 2.45) is 0 Å². The van der Waals surface area contributed by atoms with E-state index in [0.717, 1.165) is 18.8 Å². The van der Waals surface area contributed by atoms with Crippen molar-refractivity contribution >= 4 is 11.4 Å². The van der Waals surface area contributed by atoms with Crippen molar-refractivity contribution in [3.63, 3.8) is 0 Å². The number of nitrogens with one attached hydrogen (secondary N) is 1. The van der Waals surface area contributed by atoms with Crippen LogP contribution in [0.2, 0.25) is 0 Å². The van der Waals surface area contributed by atoms with Crippen LogP contribution in [0.25, 0.3) is 0 Å². The minimum atomic E-state index is 0.843. The first-order chi connectivity index (χ1) is 9.61. The van der Waals surface area contributed by atoms with Gasteiger partial charge < -0.3 is 10.2 Å².